The predicted octanol–water partition coefficient (Wildman–Crippen LogP) is 2.63. The summed E-state index contributed by atoms with van der Waals surface area (Å²) in [5.74, 6) is 0.154. The van der Waals surface area contributed by atoms with Gasteiger partial charge in [-0.05, 0) is 19.3 Å². The van der Waals surface area contributed by atoms with Crippen molar-refractivity contribution >= 4 is 5.91 Å². The molecule has 0 aliphatic heterocycles. The maximum Gasteiger partial charge on any atom is 0.220 e. The Kier molecular flexibility index (Phi) is 6.56. The summed E-state index contributed by atoms with van der Waals surface area (Å²) < 4.78 is 0. The van der Waals surface area contributed by atoms with Crippen LogP contribution in [0.15, 0.2) is 0 Å². The van der Waals surface area contributed by atoms with Crippen molar-refractivity contribution in [2.24, 2.45) is 5.41 Å². The lowest BCUT2D eigenvalue weighted by Crippen LogP contribution is -2.38. The number of nitrogens with one attached hydrogen (secondary N) is 1. The Morgan fingerprint density at radius 2 is 1.94 bits per heavy atom. The molecule has 0 spiro atoms. The van der Waals surface area contributed by atoms with Crippen molar-refractivity contribution in [3.05, 3.63) is 0 Å². The number of carbonyl (C=O) groups is 1. The topological polar surface area (TPSA) is 49.3 Å². The number of carbonyl (C=O) groups excluding carboxylic acids is 1. The Morgan fingerprint density at radius 1 is 1.24 bits per heavy atom. The summed E-state index contributed by atoms with van der Waals surface area (Å²) in [5.41, 5.74) is -0.0148. The first-order valence-electron chi connectivity index (χ1n) is 7.10. The van der Waals surface area contributed by atoms with Gasteiger partial charge in [-0.2, -0.15) is 0 Å². The third kappa shape index (κ3) is 5.07. The first-order chi connectivity index (χ1) is 8.22. The Hall–Kier alpha value is -0.570. The zero-order valence-electron chi connectivity index (χ0n) is 11.1. The van der Waals surface area contributed by atoms with Gasteiger partial charge < -0.3 is 10.4 Å². The van der Waals surface area contributed by atoms with Gasteiger partial charge in [0.15, 0.2) is 0 Å². The Balaban J connectivity index is 2.14. The molecular formula is C14H27NO2. The molecule has 0 aromatic rings. The van der Waals surface area contributed by atoms with Crippen LogP contribution in [0.1, 0.15) is 64.7 Å². The monoisotopic (exact) mass is 241 g/mol. The Bertz CT molecular complexity index is 222. The van der Waals surface area contributed by atoms with Gasteiger partial charge in [0.25, 0.3) is 0 Å². The van der Waals surface area contributed by atoms with E-state index in [0.29, 0.717) is 13.0 Å². The fraction of sp³-hybridized carbons (Fsp3) is 0.929. The van der Waals surface area contributed by atoms with Gasteiger partial charge in [0, 0.05) is 18.4 Å². The van der Waals surface area contributed by atoms with Gasteiger partial charge in [-0.15, -0.1) is 0 Å². The van der Waals surface area contributed by atoms with E-state index in [1.54, 1.807) is 0 Å². The highest BCUT2D eigenvalue weighted by molar-refractivity contribution is 5.75. The Labute approximate surface area is 105 Å². The zero-order valence-corrected chi connectivity index (χ0v) is 11.1. The van der Waals surface area contributed by atoms with Crippen LogP contribution in [-0.4, -0.2) is 24.2 Å². The molecule has 0 aromatic carbocycles. The number of unbranched alkanes of at least 4 members (excludes halogenated alkanes) is 3. The molecule has 0 radical (unpaired) electrons. The molecule has 2 N–H and O–H groups in total. The molecule has 1 rings (SSSR count). The van der Waals surface area contributed by atoms with Gasteiger partial charge in [-0.1, -0.05) is 39.0 Å². The number of hydrogen-bond acceptors (Lipinski definition) is 2. The highest BCUT2D eigenvalue weighted by Crippen LogP contribution is 2.36. The zero-order chi connectivity index (χ0) is 12.6. The molecule has 1 saturated carbocycles. The minimum absolute atomic E-state index is 0.0148. The summed E-state index contributed by atoms with van der Waals surface area (Å²) in [5, 5.41) is 12.4. The van der Waals surface area contributed by atoms with E-state index in [-0.39, 0.29) is 17.9 Å². The molecule has 1 amide bonds. The minimum Gasteiger partial charge on any atom is -0.396 e. The van der Waals surface area contributed by atoms with Crippen LogP contribution < -0.4 is 5.32 Å². The summed E-state index contributed by atoms with van der Waals surface area (Å²) in [6.07, 6.45) is 9.69. The molecule has 3 heteroatoms. The summed E-state index contributed by atoms with van der Waals surface area (Å²) in [6, 6.07) is 0. The van der Waals surface area contributed by atoms with Crippen molar-refractivity contribution in [2.75, 3.05) is 13.2 Å². The van der Waals surface area contributed by atoms with E-state index in [0.717, 1.165) is 25.7 Å². The van der Waals surface area contributed by atoms with Gasteiger partial charge >= 0.3 is 0 Å². The van der Waals surface area contributed by atoms with Gasteiger partial charge in [-0.3, -0.25) is 4.79 Å². The third-order valence-corrected chi connectivity index (χ3v) is 3.92. The van der Waals surface area contributed by atoms with Gasteiger partial charge in [0.05, 0.1) is 6.61 Å². The molecule has 0 aromatic heterocycles. The van der Waals surface area contributed by atoms with Crippen LogP contribution in [-0.2, 0) is 4.79 Å². The van der Waals surface area contributed by atoms with E-state index >= 15 is 0 Å². The van der Waals surface area contributed by atoms with Crippen molar-refractivity contribution in [2.45, 2.75) is 64.7 Å². The van der Waals surface area contributed by atoms with Crippen LogP contribution in [0, 0.1) is 5.41 Å². The van der Waals surface area contributed by atoms with Crippen LogP contribution in [0.5, 0.6) is 0 Å². The summed E-state index contributed by atoms with van der Waals surface area (Å²) in [7, 11) is 0. The highest BCUT2D eigenvalue weighted by atomic mass is 16.3. The lowest BCUT2D eigenvalue weighted by atomic mass is 9.87. The average molecular weight is 241 g/mol. The van der Waals surface area contributed by atoms with Crippen molar-refractivity contribution in [1.82, 2.24) is 5.32 Å². The molecule has 17 heavy (non-hydrogen) atoms. The summed E-state index contributed by atoms with van der Waals surface area (Å²) in [6.45, 7) is 3.05. The molecule has 0 bridgehead atoms. The molecular weight excluding hydrogens is 214 g/mol. The maximum atomic E-state index is 11.6. The predicted molar refractivity (Wildman–Crippen MR) is 69.8 cm³/mol. The molecule has 1 fully saturated rings. The van der Waals surface area contributed by atoms with E-state index in [1.807, 2.05) is 0 Å². The van der Waals surface area contributed by atoms with Crippen molar-refractivity contribution < 1.29 is 9.90 Å². The molecule has 0 saturated heterocycles. The largest absolute Gasteiger partial charge is 0.396 e. The molecule has 3 nitrogen and oxygen atoms in total. The molecule has 1 aliphatic carbocycles. The number of aliphatic hydroxyl groups excluding tert-OH is 1. The normalized spacial score (nSPS) is 18.2. The van der Waals surface area contributed by atoms with Crippen LogP contribution >= 0.6 is 0 Å². The van der Waals surface area contributed by atoms with Crippen LogP contribution in [0.3, 0.4) is 0 Å². The second-order valence-corrected chi connectivity index (χ2v) is 5.45. The van der Waals surface area contributed by atoms with Crippen molar-refractivity contribution in [1.29, 1.82) is 0 Å². The number of rotatable bonds is 8. The quantitative estimate of drug-likeness (QED) is 0.642. The van der Waals surface area contributed by atoms with Gasteiger partial charge in [-0.25, -0.2) is 0 Å². The first kappa shape index (κ1) is 14.5. The van der Waals surface area contributed by atoms with Gasteiger partial charge in [0.1, 0.15) is 0 Å². The highest BCUT2D eigenvalue weighted by Gasteiger charge is 2.33. The summed E-state index contributed by atoms with van der Waals surface area (Å²) in [4.78, 5) is 11.6. The lowest BCUT2D eigenvalue weighted by Gasteiger charge is -2.26. The molecule has 1 aliphatic rings. The minimum atomic E-state index is -0.0148. The van der Waals surface area contributed by atoms with E-state index in [9.17, 15) is 9.90 Å². The summed E-state index contributed by atoms with van der Waals surface area (Å²) >= 11 is 0. The number of amides is 1. The molecule has 100 valence electrons. The average Bonchev–Trinajstić information content (AvgIpc) is 2.82. The van der Waals surface area contributed by atoms with Crippen molar-refractivity contribution in [3.8, 4) is 0 Å². The molecule has 0 unspecified atom stereocenters. The van der Waals surface area contributed by atoms with E-state index in [1.165, 1.54) is 25.7 Å². The van der Waals surface area contributed by atoms with Crippen LogP contribution in [0.4, 0.5) is 0 Å². The fourth-order valence-electron chi connectivity index (χ4n) is 2.60. The lowest BCUT2D eigenvalue weighted by molar-refractivity contribution is -0.121. The molecule has 0 atom stereocenters. The van der Waals surface area contributed by atoms with Gasteiger partial charge in [0.2, 0.25) is 5.91 Å². The standard InChI is InChI=1S/C14H27NO2/c1-2-3-4-5-8-13(17)15-11-14(12-16)9-6-7-10-14/h16H,2-12H2,1H3,(H,15,17). The van der Waals surface area contributed by atoms with E-state index in [4.69, 9.17) is 0 Å². The van der Waals surface area contributed by atoms with Crippen molar-refractivity contribution in [3.63, 3.8) is 0 Å². The third-order valence-electron chi connectivity index (χ3n) is 3.92. The second-order valence-electron chi connectivity index (χ2n) is 5.45. The molecule has 0 heterocycles. The smallest absolute Gasteiger partial charge is 0.220 e. The Morgan fingerprint density at radius 3 is 2.53 bits per heavy atom. The fourth-order valence-corrected chi connectivity index (χ4v) is 2.60. The van der Waals surface area contributed by atoms with Crippen LogP contribution in [0.25, 0.3) is 0 Å². The SMILES string of the molecule is CCCCCCC(=O)NCC1(CO)CCCC1. The van der Waals surface area contributed by atoms with E-state index < -0.39 is 0 Å². The number of aliphatic hydroxyl groups is 1. The van der Waals surface area contributed by atoms with Crippen LogP contribution in [0.2, 0.25) is 0 Å². The first-order valence-corrected chi connectivity index (χ1v) is 7.10. The maximum absolute atomic E-state index is 11.6. The number of hydrogen-bond donors (Lipinski definition) is 2. The second kappa shape index (κ2) is 7.70. The van der Waals surface area contributed by atoms with E-state index in [2.05, 4.69) is 12.2 Å².